The van der Waals surface area contributed by atoms with E-state index in [0.29, 0.717) is 12.6 Å². The molecule has 2 heterocycles. The van der Waals surface area contributed by atoms with Crippen LogP contribution >= 0.6 is 0 Å². The van der Waals surface area contributed by atoms with E-state index < -0.39 is 0 Å². The van der Waals surface area contributed by atoms with Gasteiger partial charge in [0.2, 0.25) is 0 Å². The Morgan fingerprint density at radius 3 is 3.06 bits per heavy atom. The lowest BCUT2D eigenvalue weighted by Gasteiger charge is -2.28. The monoisotopic (exact) mass is 249 g/mol. The van der Waals surface area contributed by atoms with Gasteiger partial charge >= 0.3 is 0 Å². The summed E-state index contributed by atoms with van der Waals surface area (Å²) < 4.78 is 0. The van der Waals surface area contributed by atoms with E-state index in [1.165, 1.54) is 5.56 Å². The van der Waals surface area contributed by atoms with Crippen molar-refractivity contribution < 1.29 is 5.11 Å². The third kappa shape index (κ3) is 2.65. The molecule has 1 aliphatic heterocycles. The second-order valence-electron chi connectivity index (χ2n) is 5.21. The molecule has 2 unspecified atom stereocenters. The van der Waals surface area contributed by atoms with Gasteiger partial charge in [-0.2, -0.15) is 0 Å². The average Bonchev–Trinajstić information content (AvgIpc) is 2.75. The fourth-order valence-electron chi connectivity index (χ4n) is 2.83. The van der Waals surface area contributed by atoms with Crippen LogP contribution in [-0.2, 0) is 6.54 Å². The van der Waals surface area contributed by atoms with Gasteiger partial charge in [0.05, 0.1) is 6.10 Å². The average molecular weight is 249 g/mol. The minimum atomic E-state index is -0.262. The topological polar surface area (TPSA) is 62.4 Å². The second-order valence-corrected chi connectivity index (χ2v) is 5.21. The van der Waals surface area contributed by atoms with Crippen molar-refractivity contribution in [3.8, 4) is 0 Å². The van der Waals surface area contributed by atoms with Crippen LogP contribution in [0.25, 0.3) is 0 Å². The van der Waals surface area contributed by atoms with E-state index in [0.717, 1.165) is 37.2 Å². The molecular weight excluding hydrogens is 226 g/mol. The molecule has 0 bridgehead atoms. The van der Waals surface area contributed by atoms with E-state index in [4.69, 9.17) is 5.73 Å². The van der Waals surface area contributed by atoms with E-state index in [1.807, 2.05) is 19.2 Å². The molecule has 1 aromatic heterocycles. The van der Waals surface area contributed by atoms with Crippen molar-refractivity contribution in [2.24, 2.45) is 5.73 Å². The molecule has 1 aliphatic rings. The Labute approximate surface area is 109 Å². The zero-order valence-electron chi connectivity index (χ0n) is 11.3. The van der Waals surface area contributed by atoms with E-state index in [2.05, 4.69) is 16.8 Å². The number of aryl methyl sites for hydroxylation is 1. The second kappa shape index (κ2) is 5.67. The van der Waals surface area contributed by atoms with Gasteiger partial charge in [0.25, 0.3) is 0 Å². The molecule has 0 spiro atoms. The highest BCUT2D eigenvalue weighted by molar-refractivity contribution is 5.51. The Morgan fingerprint density at radius 2 is 2.39 bits per heavy atom. The summed E-state index contributed by atoms with van der Waals surface area (Å²) in [5.41, 5.74) is 8.18. The highest BCUT2D eigenvalue weighted by atomic mass is 16.3. The van der Waals surface area contributed by atoms with Crippen LogP contribution in [0, 0.1) is 6.92 Å². The number of rotatable bonds is 4. The Hall–Kier alpha value is -1.13. The summed E-state index contributed by atoms with van der Waals surface area (Å²) in [5, 5.41) is 9.59. The Balaban J connectivity index is 2.27. The number of pyridine rings is 1. The molecule has 1 aromatic rings. The summed E-state index contributed by atoms with van der Waals surface area (Å²) in [5.74, 6) is 1.01. The van der Waals surface area contributed by atoms with Crippen LogP contribution < -0.4 is 10.6 Å². The molecule has 2 rings (SSSR count). The third-order valence-electron chi connectivity index (χ3n) is 3.73. The first kappa shape index (κ1) is 13.3. The Kier molecular flexibility index (Phi) is 4.19. The number of hydrogen-bond acceptors (Lipinski definition) is 4. The van der Waals surface area contributed by atoms with E-state index in [1.54, 1.807) is 0 Å². The third-order valence-corrected chi connectivity index (χ3v) is 3.73. The molecule has 18 heavy (non-hydrogen) atoms. The zero-order valence-corrected chi connectivity index (χ0v) is 11.3. The van der Waals surface area contributed by atoms with Gasteiger partial charge in [0.15, 0.2) is 0 Å². The van der Waals surface area contributed by atoms with Gasteiger partial charge in [-0.15, -0.1) is 0 Å². The minimum Gasteiger partial charge on any atom is -0.393 e. The molecule has 0 aliphatic carbocycles. The standard InChI is InChI=1S/C14H23N3O/c1-10-5-6-16-14(13(10)9-15)17-7-3-4-12(17)8-11(2)18/h5-6,11-12,18H,3-4,7-9,15H2,1-2H3. The number of aliphatic hydroxyl groups is 1. The lowest BCUT2D eigenvalue weighted by atomic mass is 10.1. The van der Waals surface area contributed by atoms with Crippen molar-refractivity contribution in [3.63, 3.8) is 0 Å². The van der Waals surface area contributed by atoms with Gasteiger partial charge in [-0.25, -0.2) is 4.98 Å². The van der Waals surface area contributed by atoms with Gasteiger partial charge in [-0.1, -0.05) is 0 Å². The van der Waals surface area contributed by atoms with E-state index in [-0.39, 0.29) is 6.10 Å². The lowest BCUT2D eigenvalue weighted by molar-refractivity contribution is 0.175. The van der Waals surface area contributed by atoms with Crippen molar-refractivity contribution in [1.82, 2.24) is 4.98 Å². The van der Waals surface area contributed by atoms with Gasteiger partial charge in [-0.05, 0) is 44.7 Å². The largest absolute Gasteiger partial charge is 0.393 e. The molecule has 3 N–H and O–H groups in total. The van der Waals surface area contributed by atoms with Crippen molar-refractivity contribution in [3.05, 3.63) is 23.4 Å². The van der Waals surface area contributed by atoms with Crippen molar-refractivity contribution in [2.45, 2.75) is 51.8 Å². The van der Waals surface area contributed by atoms with E-state index in [9.17, 15) is 5.11 Å². The predicted molar refractivity (Wildman–Crippen MR) is 73.5 cm³/mol. The number of aromatic nitrogens is 1. The zero-order chi connectivity index (χ0) is 13.1. The van der Waals surface area contributed by atoms with Gasteiger partial charge < -0.3 is 15.7 Å². The highest BCUT2D eigenvalue weighted by Gasteiger charge is 2.28. The molecule has 1 saturated heterocycles. The molecule has 4 nitrogen and oxygen atoms in total. The summed E-state index contributed by atoms with van der Waals surface area (Å²) in [6.45, 7) is 5.46. The van der Waals surface area contributed by atoms with Gasteiger partial charge in [0.1, 0.15) is 5.82 Å². The first-order valence-electron chi connectivity index (χ1n) is 6.72. The SMILES string of the molecule is Cc1ccnc(N2CCCC2CC(C)O)c1CN. The Bertz CT molecular complexity index is 406. The van der Waals surface area contributed by atoms with E-state index >= 15 is 0 Å². The highest BCUT2D eigenvalue weighted by Crippen LogP contribution is 2.30. The molecule has 1 fully saturated rings. The molecule has 0 amide bonds. The number of hydrogen-bond donors (Lipinski definition) is 2. The van der Waals surface area contributed by atoms with Crippen LogP contribution in [0.15, 0.2) is 12.3 Å². The maximum atomic E-state index is 9.59. The minimum absolute atomic E-state index is 0.262. The lowest BCUT2D eigenvalue weighted by Crippen LogP contribution is -2.33. The normalized spacial score (nSPS) is 21.3. The quantitative estimate of drug-likeness (QED) is 0.850. The van der Waals surface area contributed by atoms with Crippen LogP contribution in [0.5, 0.6) is 0 Å². The maximum absolute atomic E-state index is 9.59. The molecular formula is C14H23N3O. The van der Waals surface area contributed by atoms with Crippen LogP contribution in [0.3, 0.4) is 0 Å². The summed E-state index contributed by atoms with van der Waals surface area (Å²) in [4.78, 5) is 6.84. The molecule has 4 heteroatoms. The summed E-state index contributed by atoms with van der Waals surface area (Å²) in [6.07, 6.45) is 4.68. The fourth-order valence-corrected chi connectivity index (χ4v) is 2.83. The van der Waals surface area contributed by atoms with Crippen LogP contribution in [-0.4, -0.2) is 28.8 Å². The van der Waals surface area contributed by atoms with Crippen LogP contribution in [0.1, 0.15) is 37.3 Å². The first-order valence-corrected chi connectivity index (χ1v) is 6.72. The van der Waals surface area contributed by atoms with Crippen LogP contribution in [0.2, 0.25) is 0 Å². The van der Waals surface area contributed by atoms with Crippen molar-refractivity contribution >= 4 is 5.82 Å². The van der Waals surface area contributed by atoms with Crippen LogP contribution in [0.4, 0.5) is 5.82 Å². The first-order chi connectivity index (χ1) is 8.63. The predicted octanol–water partition coefficient (Wildman–Crippen LogP) is 1.59. The molecule has 0 saturated carbocycles. The summed E-state index contributed by atoms with van der Waals surface area (Å²) in [6, 6.07) is 2.40. The number of aliphatic hydroxyl groups excluding tert-OH is 1. The summed E-state index contributed by atoms with van der Waals surface area (Å²) >= 11 is 0. The smallest absolute Gasteiger partial charge is 0.133 e. The number of nitrogens with two attached hydrogens (primary N) is 1. The number of anilines is 1. The maximum Gasteiger partial charge on any atom is 0.133 e. The number of nitrogens with zero attached hydrogens (tertiary/aromatic N) is 2. The molecule has 100 valence electrons. The van der Waals surface area contributed by atoms with Gasteiger partial charge in [0, 0.05) is 30.9 Å². The molecule has 2 atom stereocenters. The van der Waals surface area contributed by atoms with Gasteiger partial charge in [-0.3, -0.25) is 0 Å². The van der Waals surface area contributed by atoms with Crippen molar-refractivity contribution in [1.29, 1.82) is 0 Å². The summed E-state index contributed by atoms with van der Waals surface area (Å²) in [7, 11) is 0. The van der Waals surface area contributed by atoms with Crippen molar-refractivity contribution in [2.75, 3.05) is 11.4 Å². The molecule has 0 radical (unpaired) electrons. The molecule has 0 aromatic carbocycles. The Morgan fingerprint density at radius 1 is 1.61 bits per heavy atom. The fraction of sp³-hybridized carbons (Fsp3) is 0.643.